The molecule has 1 spiro atoms. The van der Waals surface area contributed by atoms with E-state index in [0.29, 0.717) is 28.4 Å². The number of carboxylic acid groups (broad SMARTS) is 1. The molecule has 7 rings (SSSR count). The molecule has 13 heteroatoms. The average molecular weight is 633 g/mol. The third kappa shape index (κ3) is 4.88. The van der Waals surface area contributed by atoms with Gasteiger partial charge in [-0.15, -0.1) is 5.10 Å². The Morgan fingerprint density at radius 2 is 1.89 bits per heavy atom. The van der Waals surface area contributed by atoms with Crippen LogP contribution < -0.4 is 4.74 Å². The number of fused-ring (bicyclic) bond motifs is 2. The van der Waals surface area contributed by atoms with Crippen molar-refractivity contribution in [3.8, 4) is 5.88 Å². The zero-order valence-electron chi connectivity index (χ0n) is 25.9. The van der Waals surface area contributed by atoms with Gasteiger partial charge in [-0.2, -0.15) is 4.31 Å². The minimum Gasteiger partial charge on any atom is -0.481 e. The molecule has 1 saturated carbocycles. The summed E-state index contributed by atoms with van der Waals surface area (Å²) in [6.45, 7) is 9.54. The van der Waals surface area contributed by atoms with Crippen molar-refractivity contribution < 1.29 is 27.8 Å². The van der Waals surface area contributed by atoms with Crippen LogP contribution in [0.1, 0.15) is 72.2 Å². The Labute approximate surface area is 261 Å². The molecule has 5 heterocycles. The monoisotopic (exact) mass is 632 g/mol. The van der Waals surface area contributed by atoms with E-state index in [0.717, 1.165) is 35.0 Å². The highest BCUT2D eigenvalue weighted by atomic mass is 32.2. The van der Waals surface area contributed by atoms with Crippen molar-refractivity contribution >= 4 is 27.0 Å². The lowest BCUT2D eigenvalue weighted by Gasteiger charge is -2.41. The van der Waals surface area contributed by atoms with Crippen LogP contribution in [0.25, 0.3) is 11.0 Å². The van der Waals surface area contributed by atoms with Crippen LogP contribution in [0.4, 0.5) is 0 Å². The lowest BCUT2D eigenvalue weighted by molar-refractivity contribution is -0.166. The summed E-state index contributed by atoms with van der Waals surface area (Å²) in [7, 11) is -4.01. The van der Waals surface area contributed by atoms with Gasteiger partial charge in [0.2, 0.25) is 15.9 Å². The highest BCUT2D eigenvalue weighted by Crippen LogP contribution is 2.45. The highest BCUT2D eigenvalue weighted by molar-refractivity contribution is 7.89. The first-order valence-corrected chi connectivity index (χ1v) is 16.5. The fourth-order valence-electron chi connectivity index (χ4n) is 6.46. The molecule has 1 saturated heterocycles. The smallest absolute Gasteiger partial charge is 0.310 e. The molecule has 45 heavy (non-hydrogen) atoms. The molecule has 2 fully saturated rings. The van der Waals surface area contributed by atoms with Crippen LogP contribution in [0.15, 0.2) is 41.6 Å². The van der Waals surface area contributed by atoms with Crippen LogP contribution in [0.3, 0.4) is 0 Å². The van der Waals surface area contributed by atoms with Crippen molar-refractivity contribution in [2.45, 2.75) is 76.5 Å². The van der Waals surface area contributed by atoms with Gasteiger partial charge in [0.1, 0.15) is 10.4 Å². The van der Waals surface area contributed by atoms with Crippen LogP contribution >= 0.6 is 0 Å². The molecule has 3 aromatic heterocycles. The van der Waals surface area contributed by atoms with Crippen molar-refractivity contribution in [2.24, 2.45) is 5.41 Å². The summed E-state index contributed by atoms with van der Waals surface area (Å²) in [5.74, 6) is -1.50. The van der Waals surface area contributed by atoms with Gasteiger partial charge in [0.05, 0.1) is 36.7 Å². The molecule has 3 aliphatic rings. The number of rotatable bonds is 7. The summed E-state index contributed by atoms with van der Waals surface area (Å²) in [5.41, 5.74) is 3.94. The largest absolute Gasteiger partial charge is 0.481 e. The lowest BCUT2D eigenvalue weighted by atomic mass is 9.70. The number of carbonyl (C=O) groups is 1. The number of pyridine rings is 2. The van der Waals surface area contributed by atoms with E-state index in [2.05, 4.69) is 20.3 Å². The van der Waals surface area contributed by atoms with Crippen molar-refractivity contribution in [1.29, 1.82) is 0 Å². The van der Waals surface area contributed by atoms with Gasteiger partial charge in [0, 0.05) is 30.6 Å². The molecule has 0 bridgehead atoms. The van der Waals surface area contributed by atoms with Crippen molar-refractivity contribution in [2.75, 3.05) is 19.8 Å². The third-order valence-electron chi connectivity index (χ3n) is 9.39. The maximum atomic E-state index is 14.1. The molecular weight excluding hydrogens is 596 g/mol. The molecule has 1 aromatic carbocycles. The van der Waals surface area contributed by atoms with Crippen molar-refractivity contribution in [3.05, 3.63) is 70.2 Å². The molecule has 1 atom stereocenters. The van der Waals surface area contributed by atoms with Gasteiger partial charge in [0.25, 0.3) is 0 Å². The Hall–Kier alpha value is -3.94. The minimum atomic E-state index is -4.01. The standard InChI is InChI=1S/C32H36N6O6S/c1-18-10-26-29(34-12-18)44-32(16-43-17-32)15-37(45(26,41)42)14-22-11-21(13-33-20(22)3)27(31(4,5)30(39)40)24-8-9-25-28(19(24)2)35-36-38(25)23-6-7-23/h8-13,23,27H,6-7,14-17H2,1-5H3,(H,39,40)/t27-/m1/s1. The first kappa shape index (κ1) is 29.8. The predicted octanol–water partition coefficient (Wildman–Crippen LogP) is 4.08. The van der Waals surface area contributed by atoms with E-state index in [-0.39, 0.29) is 37.1 Å². The van der Waals surface area contributed by atoms with Crippen molar-refractivity contribution in [1.82, 2.24) is 29.3 Å². The first-order chi connectivity index (χ1) is 21.3. The third-order valence-corrected chi connectivity index (χ3v) is 11.2. The second-order valence-electron chi connectivity index (χ2n) is 13.3. The number of aromatic nitrogens is 5. The molecule has 1 N–H and O–H groups in total. The fourth-order valence-corrected chi connectivity index (χ4v) is 8.11. The Bertz CT molecular complexity index is 1960. The molecule has 12 nitrogen and oxygen atoms in total. The maximum absolute atomic E-state index is 14.1. The lowest BCUT2D eigenvalue weighted by Crippen LogP contribution is -2.60. The first-order valence-electron chi connectivity index (χ1n) is 15.1. The van der Waals surface area contributed by atoms with Gasteiger partial charge in [-0.1, -0.05) is 17.3 Å². The van der Waals surface area contributed by atoms with Crippen LogP contribution in [0.2, 0.25) is 0 Å². The predicted molar refractivity (Wildman–Crippen MR) is 164 cm³/mol. The van der Waals surface area contributed by atoms with Gasteiger partial charge in [-0.05, 0) is 87.4 Å². The molecule has 1 aliphatic carbocycles. The minimum absolute atomic E-state index is 0.0149. The highest BCUT2D eigenvalue weighted by Gasteiger charge is 2.50. The summed E-state index contributed by atoms with van der Waals surface area (Å²) in [4.78, 5) is 21.8. The number of aryl methyl sites for hydroxylation is 3. The van der Waals surface area contributed by atoms with Crippen LogP contribution in [-0.4, -0.2) is 74.1 Å². The zero-order chi connectivity index (χ0) is 31.9. The maximum Gasteiger partial charge on any atom is 0.310 e. The fraction of sp³-hybridized carbons (Fsp3) is 0.469. The van der Waals surface area contributed by atoms with Crippen molar-refractivity contribution in [3.63, 3.8) is 0 Å². The van der Waals surface area contributed by atoms with E-state index in [1.165, 1.54) is 4.31 Å². The van der Waals surface area contributed by atoms with E-state index in [9.17, 15) is 18.3 Å². The van der Waals surface area contributed by atoms with Gasteiger partial charge in [-0.3, -0.25) is 9.78 Å². The number of carboxylic acids is 1. The van der Waals surface area contributed by atoms with E-state index >= 15 is 0 Å². The van der Waals surface area contributed by atoms with Gasteiger partial charge in [-0.25, -0.2) is 18.1 Å². The normalized spacial score (nSPS) is 19.8. The molecule has 2 aliphatic heterocycles. The van der Waals surface area contributed by atoms with Gasteiger partial charge >= 0.3 is 5.97 Å². The number of hydrogen-bond donors (Lipinski definition) is 1. The van der Waals surface area contributed by atoms with E-state index < -0.39 is 32.9 Å². The molecule has 0 unspecified atom stereocenters. The Morgan fingerprint density at radius 1 is 1.13 bits per heavy atom. The number of aliphatic carboxylic acids is 1. The topological polar surface area (TPSA) is 150 Å². The molecule has 236 valence electrons. The molecule has 0 amide bonds. The summed E-state index contributed by atoms with van der Waals surface area (Å²) in [6.07, 6.45) is 5.43. The van der Waals surface area contributed by atoms with Crippen LogP contribution in [0, 0.1) is 26.2 Å². The van der Waals surface area contributed by atoms with Gasteiger partial charge < -0.3 is 14.6 Å². The number of nitrogens with zero attached hydrogens (tertiary/aromatic N) is 6. The summed E-state index contributed by atoms with van der Waals surface area (Å²) >= 11 is 0. The quantitative estimate of drug-likeness (QED) is 0.316. The molecular formula is C32H36N6O6S. The Balaban J connectivity index is 1.32. The summed E-state index contributed by atoms with van der Waals surface area (Å²) < 4.78 is 43.2. The van der Waals surface area contributed by atoms with E-state index in [1.54, 1.807) is 39.2 Å². The molecule has 4 aromatic rings. The number of sulfonamides is 1. The average Bonchev–Trinajstić information content (AvgIpc) is 3.73. The Morgan fingerprint density at radius 3 is 2.56 bits per heavy atom. The molecule has 0 radical (unpaired) electrons. The van der Waals surface area contributed by atoms with Gasteiger partial charge in [0.15, 0.2) is 5.60 Å². The number of hydrogen-bond acceptors (Lipinski definition) is 9. The van der Waals surface area contributed by atoms with Crippen LogP contribution in [0.5, 0.6) is 5.88 Å². The van der Waals surface area contributed by atoms with E-state index in [4.69, 9.17) is 9.47 Å². The number of benzene rings is 1. The second-order valence-corrected chi connectivity index (χ2v) is 15.2. The number of ether oxygens (including phenoxy) is 2. The summed E-state index contributed by atoms with van der Waals surface area (Å²) in [5, 5.41) is 19.3. The zero-order valence-corrected chi connectivity index (χ0v) is 26.8. The SMILES string of the molecule is Cc1cnc2c(c1)S(=O)(=O)N(Cc1cc([C@H](c3ccc4c(nnn4C4CC4)c3C)C(C)(C)C(=O)O)cnc1C)CC1(COC1)O2. The van der Waals surface area contributed by atoms with Crippen LogP contribution in [-0.2, 0) is 26.1 Å². The summed E-state index contributed by atoms with van der Waals surface area (Å²) in [6, 6.07) is 7.77. The second kappa shape index (κ2) is 10.3. The Kier molecular flexibility index (Phi) is 6.81. The van der Waals surface area contributed by atoms with E-state index in [1.807, 2.05) is 36.7 Å².